The topological polar surface area (TPSA) is 67.4 Å². The number of ether oxygens (including phenoxy) is 1. The molecule has 1 aliphatic rings. The first-order valence-corrected chi connectivity index (χ1v) is 5.65. The molecule has 0 aromatic heterocycles. The van der Waals surface area contributed by atoms with Gasteiger partial charge in [-0.15, -0.1) is 0 Å². The molecule has 0 saturated heterocycles. The van der Waals surface area contributed by atoms with Crippen LogP contribution in [0, 0.1) is 0 Å². The van der Waals surface area contributed by atoms with Gasteiger partial charge in [0.15, 0.2) is 6.10 Å². The number of benzene rings is 1. The molecule has 2 rings (SSSR count). The smallest absolute Gasteiger partial charge is 0.265 e. The molecule has 0 saturated carbocycles. The Morgan fingerprint density at radius 1 is 1.50 bits per heavy atom. The van der Waals surface area contributed by atoms with Gasteiger partial charge in [0, 0.05) is 5.69 Å². The standard InChI is InChI=1S/C13H14N2O3/c1-3-4-12(16)14-9-5-6-11-10(7-9)15-13(17)8(2)18-11/h3-8H,1-2H3,(H,14,16)(H,15,17)/b4-3+. The van der Waals surface area contributed by atoms with Crippen LogP contribution in [0.15, 0.2) is 30.4 Å². The van der Waals surface area contributed by atoms with Crippen molar-refractivity contribution in [2.45, 2.75) is 20.0 Å². The van der Waals surface area contributed by atoms with Gasteiger partial charge < -0.3 is 15.4 Å². The van der Waals surface area contributed by atoms with Crippen LogP contribution >= 0.6 is 0 Å². The summed E-state index contributed by atoms with van der Waals surface area (Å²) in [5.74, 6) is 0.194. The number of allylic oxidation sites excluding steroid dienone is 1. The molecule has 1 atom stereocenters. The predicted molar refractivity (Wildman–Crippen MR) is 68.6 cm³/mol. The molecule has 1 unspecified atom stereocenters. The number of anilines is 2. The zero-order valence-corrected chi connectivity index (χ0v) is 10.2. The third-order valence-electron chi connectivity index (χ3n) is 2.50. The zero-order chi connectivity index (χ0) is 13.1. The summed E-state index contributed by atoms with van der Waals surface area (Å²) in [7, 11) is 0. The van der Waals surface area contributed by atoms with Crippen LogP contribution in [-0.4, -0.2) is 17.9 Å². The van der Waals surface area contributed by atoms with Crippen LogP contribution in [0.1, 0.15) is 13.8 Å². The summed E-state index contributed by atoms with van der Waals surface area (Å²) in [5, 5.41) is 5.41. The third-order valence-corrected chi connectivity index (χ3v) is 2.50. The minimum Gasteiger partial charge on any atom is -0.479 e. The molecule has 18 heavy (non-hydrogen) atoms. The third kappa shape index (κ3) is 2.51. The summed E-state index contributed by atoms with van der Waals surface area (Å²) < 4.78 is 5.41. The van der Waals surface area contributed by atoms with E-state index < -0.39 is 6.10 Å². The minimum absolute atomic E-state index is 0.195. The Kier molecular flexibility index (Phi) is 3.32. The summed E-state index contributed by atoms with van der Waals surface area (Å²) in [6, 6.07) is 5.11. The second kappa shape index (κ2) is 4.91. The van der Waals surface area contributed by atoms with Crippen LogP contribution in [0.25, 0.3) is 0 Å². The summed E-state index contributed by atoms with van der Waals surface area (Å²) >= 11 is 0. The van der Waals surface area contributed by atoms with Crippen LogP contribution < -0.4 is 15.4 Å². The number of hydrogen-bond acceptors (Lipinski definition) is 3. The van der Waals surface area contributed by atoms with Gasteiger partial charge >= 0.3 is 0 Å². The van der Waals surface area contributed by atoms with E-state index in [2.05, 4.69) is 10.6 Å². The van der Waals surface area contributed by atoms with E-state index in [0.717, 1.165) is 0 Å². The molecule has 0 spiro atoms. The lowest BCUT2D eigenvalue weighted by Crippen LogP contribution is -2.34. The SMILES string of the molecule is C/C=C/C(=O)Nc1ccc2c(c1)NC(=O)C(C)O2. The Labute approximate surface area is 105 Å². The fourth-order valence-corrected chi connectivity index (χ4v) is 1.62. The maximum absolute atomic E-state index is 11.5. The van der Waals surface area contributed by atoms with Crippen molar-refractivity contribution in [2.75, 3.05) is 10.6 Å². The zero-order valence-electron chi connectivity index (χ0n) is 10.2. The first-order chi connectivity index (χ1) is 8.60. The Morgan fingerprint density at radius 2 is 2.28 bits per heavy atom. The number of hydrogen-bond donors (Lipinski definition) is 2. The molecule has 0 fully saturated rings. The highest BCUT2D eigenvalue weighted by atomic mass is 16.5. The van der Waals surface area contributed by atoms with Gasteiger partial charge in [0.05, 0.1) is 5.69 Å². The van der Waals surface area contributed by atoms with Crippen LogP contribution in [-0.2, 0) is 9.59 Å². The molecule has 0 radical (unpaired) electrons. The average molecular weight is 246 g/mol. The van der Waals surface area contributed by atoms with Crippen molar-refractivity contribution in [3.05, 3.63) is 30.4 Å². The van der Waals surface area contributed by atoms with E-state index in [0.29, 0.717) is 17.1 Å². The number of rotatable bonds is 2. The Morgan fingerprint density at radius 3 is 3.00 bits per heavy atom. The van der Waals surface area contributed by atoms with Gasteiger partial charge in [0.25, 0.3) is 5.91 Å². The molecule has 1 aromatic carbocycles. The lowest BCUT2D eigenvalue weighted by molar-refractivity contribution is -0.122. The highest BCUT2D eigenvalue weighted by Crippen LogP contribution is 2.32. The van der Waals surface area contributed by atoms with Crippen molar-refractivity contribution >= 4 is 23.2 Å². The molecule has 5 nitrogen and oxygen atoms in total. The van der Waals surface area contributed by atoms with Crippen LogP contribution in [0.5, 0.6) is 5.75 Å². The van der Waals surface area contributed by atoms with Gasteiger partial charge in [0.2, 0.25) is 5.91 Å². The quantitative estimate of drug-likeness (QED) is 0.783. The molecule has 0 bridgehead atoms. The summed E-state index contributed by atoms with van der Waals surface area (Å²) in [6.07, 6.45) is 2.58. The molecule has 0 aliphatic carbocycles. The van der Waals surface area contributed by atoms with Gasteiger partial charge in [-0.3, -0.25) is 9.59 Å². The minimum atomic E-state index is -0.499. The van der Waals surface area contributed by atoms with Gasteiger partial charge in [0.1, 0.15) is 5.75 Å². The molecular weight excluding hydrogens is 232 g/mol. The first kappa shape index (κ1) is 12.2. The first-order valence-electron chi connectivity index (χ1n) is 5.65. The highest BCUT2D eigenvalue weighted by Gasteiger charge is 2.23. The molecule has 1 aliphatic heterocycles. The van der Waals surface area contributed by atoms with E-state index in [4.69, 9.17) is 4.74 Å². The van der Waals surface area contributed by atoms with Crippen LogP contribution in [0.2, 0.25) is 0 Å². The maximum atomic E-state index is 11.5. The van der Waals surface area contributed by atoms with Crippen LogP contribution in [0.3, 0.4) is 0 Å². The summed E-state index contributed by atoms with van der Waals surface area (Å²) in [4.78, 5) is 22.8. The average Bonchev–Trinajstić information content (AvgIpc) is 2.31. The van der Waals surface area contributed by atoms with Gasteiger partial charge in [-0.2, -0.15) is 0 Å². The Hall–Kier alpha value is -2.30. The fraction of sp³-hybridized carbons (Fsp3) is 0.231. The maximum Gasteiger partial charge on any atom is 0.265 e. The largest absolute Gasteiger partial charge is 0.479 e. The second-order valence-corrected chi connectivity index (χ2v) is 3.95. The van der Waals surface area contributed by atoms with E-state index in [1.165, 1.54) is 6.08 Å². The van der Waals surface area contributed by atoms with E-state index in [1.807, 2.05) is 0 Å². The van der Waals surface area contributed by atoms with Crippen molar-refractivity contribution in [1.82, 2.24) is 0 Å². The van der Waals surface area contributed by atoms with E-state index in [9.17, 15) is 9.59 Å². The Balaban J connectivity index is 2.20. The fourth-order valence-electron chi connectivity index (χ4n) is 1.62. The Bertz CT molecular complexity index is 523. The number of carbonyl (C=O) groups is 2. The van der Waals surface area contributed by atoms with Gasteiger partial charge in [-0.25, -0.2) is 0 Å². The lowest BCUT2D eigenvalue weighted by Gasteiger charge is -2.23. The van der Waals surface area contributed by atoms with Gasteiger partial charge in [-0.05, 0) is 38.1 Å². The molecule has 94 valence electrons. The lowest BCUT2D eigenvalue weighted by atomic mass is 10.2. The van der Waals surface area contributed by atoms with E-state index in [-0.39, 0.29) is 11.8 Å². The van der Waals surface area contributed by atoms with Gasteiger partial charge in [-0.1, -0.05) is 6.08 Å². The molecule has 5 heteroatoms. The molecule has 2 N–H and O–H groups in total. The molecule has 2 amide bonds. The number of amides is 2. The number of carbonyl (C=O) groups excluding carboxylic acids is 2. The molecular formula is C13H14N2O3. The van der Waals surface area contributed by atoms with Crippen molar-refractivity contribution in [3.8, 4) is 5.75 Å². The number of fused-ring (bicyclic) bond motifs is 1. The van der Waals surface area contributed by atoms with Crippen molar-refractivity contribution in [3.63, 3.8) is 0 Å². The normalized spacial score (nSPS) is 17.9. The number of nitrogens with one attached hydrogen (secondary N) is 2. The predicted octanol–water partition coefficient (Wildman–Crippen LogP) is 1.92. The van der Waals surface area contributed by atoms with Crippen molar-refractivity contribution < 1.29 is 14.3 Å². The second-order valence-electron chi connectivity index (χ2n) is 3.95. The van der Waals surface area contributed by atoms with Crippen molar-refractivity contribution in [2.24, 2.45) is 0 Å². The van der Waals surface area contributed by atoms with E-state index in [1.54, 1.807) is 38.1 Å². The van der Waals surface area contributed by atoms with Crippen molar-refractivity contribution in [1.29, 1.82) is 0 Å². The molecule has 1 aromatic rings. The molecule has 1 heterocycles. The van der Waals surface area contributed by atoms with Crippen LogP contribution in [0.4, 0.5) is 11.4 Å². The monoisotopic (exact) mass is 246 g/mol. The summed E-state index contributed by atoms with van der Waals surface area (Å²) in [5.41, 5.74) is 1.17. The summed E-state index contributed by atoms with van der Waals surface area (Å²) in [6.45, 7) is 3.45. The van der Waals surface area contributed by atoms with E-state index >= 15 is 0 Å². The highest BCUT2D eigenvalue weighted by molar-refractivity contribution is 6.01.